The summed E-state index contributed by atoms with van der Waals surface area (Å²) in [5, 5.41) is 7.62. The fraction of sp³-hybridized carbons (Fsp3) is 0.667. The zero-order chi connectivity index (χ0) is 14.7. The Hall–Kier alpha value is -0.950. The summed E-state index contributed by atoms with van der Waals surface area (Å²) in [6.07, 6.45) is 1.81. The largest absolute Gasteiger partial charge is 0.376 e. The van der Waals surface area contributed by atoms with Gasteiger partial charge in [0, 0.05) is 0 Å². The molecule has 0 saturated carbocycles. The van der Waals surface area contributed by atoms with Gasteiger partial charge < -0.3 is 14.4 Å². The Morgan fingerprint density at radius 1 is 1.48 bits per heavy atom. The van der Waals surface area contributed by atoms with Gasteiger partial charge in [0.2, 0.25) is 5.91 Å². The summed E-state index contributed by atoms with van der Waals surface area (Å²) in [5.41, 5.74) is 1.16. The van der Waals surface area contributed by atoms with Crippen LogP contribution >= 0.6 is 11.3 Å². The molecule has 0 aromatic carbocycles. The van der Waals surface area contributed by atoms with Crippen molar-refractivity contribution >= 4 is 17.2 Å². The van der Waals surface area contributed by atoms with Crippen LogP contribution in [0.1, 0.15) is 31.5 Å². The van der Waals surface area contributed by atoms with E-state index < -0.39 is 0 Å². The number of rotatable bonds is 5. The van der Waals surface area contributed by atoms with E-state index in [9.17, 15) is 4.79 Å². The van der Waals surface area contributed by atoms with Gasteiger partial charge in [-0.25, -0.2) is 0 Å². The Balaban J connectivity index is 1.74. The molecule has 3 rings (SSSR count). The molecule has 2 aliphatic rings. The zero-order valence-electron chi connectivity index (χ0n) is 12.3. The first-order valence-electron chi connectivity index (χ1n) is 7.57. The summed E-state index contributed by atoms with van der Waals surface area (Å²) in [5.74, 6) is 0.183. The molecule has 2 aliphatic heterocycles. The van der Waals surface area contributed by atoms with Gasteiger partial charge in [0.15, 0.2) is 0 Å². The highest BCUT2D eigenvalue weighted by atomic mass is 32.1. The van der Waals surface area contributed by atoms with Gasteiger partial charge in [0.1, 0.15) is 6.17 Å². The number of carbonyl (C=O) groups is 1. The second-order valence-electron chi connectivity index (χ2n) is 5.53. The van der Waals surface area contributed by atoms with Gasteiger partial charge in [-0.3, -0.25) is 10.1 Å². The highest BCUT2D eigenvalue weighted by Crippen LogP contribution is 2.29. The van der Waals surface area contributed by atoms with Gasteiger partial charge in [-0.15, -0.1) is 0 Å². The van der Waals surface area contributed by atoms with Crippen LogP contribution in [0.5, 0.6) is 0 Å². The molecule has 116 valence electrons. The van der Waals surface area contributed by atoms with Crippen LogP contribution in [0, 0.1) is 0 Å². The Labute approximate surface area is 129 Å². The van der Waals surface area contributed by atoms with E-state index in [2.05, 4.69) is 23.7 Å². The molecule has 3 atom stereocenters. The van der Waals surface area contributed by atoms with Crippen LogP contribution < -0.4 is 5.32 Å². The van der Waals surface area contributed by atoms with Gasteiger partial charge in [-0.1, -0.05) is 13.3 Å². The van der Waals surface area contributed by atoms with E-state index in [0.29, 0.717) is 26.4 Å². The number of hydrogen-bond acceptors (Lipinski definition) is 5. The van der Waals surface area contributed by atoms with Gasteiger partial charge in [0.05, 0.1) is 38.5 Å². The van der Waals surface area contributed by atoms with Crippen molar-refractivity contribution in [1.82, 2.24) is 10.2 Å². The van der Waals surface area contributed by atoms with E-state index in [1.165, 1.54) is 0 Å². The predicted molar refractivity (Wildman–Crippen MR) is 81.2 cm³/mol. The van der Waals surface area contributed by atoms with E-state index >= 15 is 0 Å². The van der Waals surface area contributed by atoms with Gasteiger partial charge >= 0.3 is 0 Å². The van der Waals surface area contributed by atoms with E-state index in [1.54, 1.807) is 11.3 Å². The summed E-state index contributed by atoms with van der Waals surface area (Å²) < 4.78 is 11.2. The summed E-state index contributed by atoms with van der Waals surface area (Å²) in [4.78, 5) is 14.6. The van der Waals surface area contributed by atoms with E-state index in [4.69, 9.17) is 9.47 Å². The normalized spacial score (nSPS) is 30.0. The van der Waals surface area contributed by atoms with Crippen molar-refractivity contribution in [3.63, 3.8) is 0 Å². The van der Waals surface area contributed by atoms with Crippen molar-refractivity contribution < 1.29 is 14.3 Å². The number of amides is 1. The third kappa shape index (κ3) is 3.29. The highest BCUT2D eigenvalue weighted by Gasteiger charge is 2.40. The van der Waals surface area contributed by atoms with E-state index in [1.807, 2.05) is 10.3 Å². The molecule has 21 heavy (non-hydrogen) atoms. The van der Waals surface area contributed by atoms with Gasteiger partial charge in [-0.2, -0.15) is 11.3 Å². The number of nitrogens with one attached hydrogen (secondary N) is 1. The lowest BCUT2D eigenvalue weighted by Crippen LogP contribution is -2.42. The van der Waals surface area contributed by atoms with Crippen molar-refractivity contribution in [3.8, 4) is 0 Å². The maximum atomic E-state index is 12.6. The molecular weight excluding hydrogens is 288 g/mol. The van der Waals surface area contributed by atoms with Crippen LogP contribution in [0.2, 0.25) is 0 Å². The number of ether oxygens (including phenoxy) is 2. The van der Waals surface area contributed by atoms with Crippen LogP contribution in [-0.2, 0) is 14.3 Å². The van der Waals surface area contributed by atoms with Crippen molar-refractivity contribution in [2.24, 2.45) is 0 Å². The third-order valence-corrected chi connectivity index (χ3v) is 4.67. The van der Waals surface area contributed by atoms with Crippen LogP contribution in [0.4, 0.5) is 0 Å². The molecule has 0 bridgehead atoms. The standard InChI is InChI=1S/C15H22N2O3S/c1-2-3-13-15(18)17(8-12-9-19-5-6-20-12)14(16-13)11-4-7-21-10-11/h4,7,10,12-14,16H,2-3,5-6,8-9H2,1H3. The topological polar surface area (TPSA) is 50.8 Å². The first-order chi connectivity index (χ1) is 10.3. The van der Waals surface area contributed by atoms with Crippen LogP contribution in [0.3, 0.4) is 0 Å². The molecule has 0 spiro atoms. The van der Waals surface area contributed by atoms with Crippen LogP contribution in [0.25, 0.3) is 0 Å². The molecule has 0 radical (unpaired) electrons. The van der Waals surface area contributed by atoms with Gasteiger partial charge in [-0.05, 0) is 28.8 Å². The Morgan fingerprint density at radius 3 is 3.05 bits per heavy atom. The Bertz CT molecular complexity index is 459. The minimum absolute atomic E-state index is 0.0222. The minimum Gasteiger partial charge on any atom is -0.376 e. The van der Waals surface area contributed by atoms with Crippen molar-refractivity contribution in [1.29, 1.82) is 0 Å². The maximum absolute atomic E-state index is 12.6. The Morgan fingerprint density at radius 2 is 2.38 bits per heavy atom. The lowest BCUT2D eigenvalue weighted by Gasteiger charge is -2.30. The minimum atomic E-state index is -0.0793. The second kappa shape index (κ2) is 6.87. The number of carbonyl (C=O) groups excluding carboxylic acids is 1. The molecule has 1 amide bonds. The van der Waals surface area contributed by atoms with Crippen LogP contribution in [0.15, 0.2) is 16.8 Å². The first kappa shape index (κ1) is 15.0. The first-order valence-corrected chi connectivity index (χ1v) is 8.52. The second-order valence-corrected chi connectivity index (χ2v) is 6.31. The average Bonchev–Trinajstić information content (AvgIpc) is 3.12. The van der Waals surface area contributed by atoms with Gasteiger partial charge in [0.25, 0.3) is 0 Å². The molecule has 3 unspecified atom stereocenters. The zero-order valence-corrected chi connectivity index (χ0v) is 13.1. The Kier molecular flexibility index (Phi) is 4.90. The lowest BCUT2D eigenvalue weighted by atomic mass is 10.1. The molecule has 0 aliphatic carbocycles. The molecule has 1 N–H and O–H groups in total. The summed E-state index contributed by atoms with van der Waals surface area (Å²) >= 11 is 1.66. The van der Waals surface area contributed by atoms with E-state index in [0.717, 1.165) is 18.4 Å². The van der Waals surface area contributed by atoms with Crippen molar-refractivity contribution in [2.45, 2.75) is 38.1 Å². The number of hydrogen-bond donors (Lipinski definition) is 1. The quantitative estimate of drug-likeness (QED) is 0.900. The monoisotopic (exact) mass is 310 g/mol. The molecular formula is C15H22N2O3S. The molecule has 6 heteroatoms. The van der Waals surface area contributed by atoms with Crippen molar-refractivity contribution in [3.05, 3.63) is 22.4 Å². The average molecular weight is 310 g/mol. The molecule has 1 aromatic heterocycles. The fourth-order valence-electron chi connectivity index (χ4n) is 2.94. The maximum Gasteiger partial charge on any atom is 0.241 e. The fourth-order valence-corrected chi connectivity index (χ4v) is 3.62. The lowest BCUT2D eigenvalue weighted by molar-refractivity contribution is -0.137. The molecule has 5 nitrogen and oxygen atoms in total. The predicted octanol–water partition coefficient (Wildman–Crippen LogP) is 1.76. The molecule has 1 aromatic rings. The SMILES string of the molecule is CCCC1NC(c2ccsc2)N(CC2COCCO2)C1=O. The number of thiophene rings is 1. The summed E-state index contributed by atoms with van der Waals surface area (Å²) in [6, 6.07) is 2.00. The summed E-state index contributed by atoms with van der Waals surface area (Å²) in [6.45, 7) is 4.52. The van der Waals surface area contributed by atoms with Crippen LogP contribution in [-0.4, -0.2) is 49.3 Å². The summed E-state index contributed by atoms with van der Waals surface area (Å²) in [7, 11) is 0. The number of nitrogens with zero attached hydrogens (tertiary/aromatic N) is 1. The smallest absolute Gasteiger partial charge is 0.241 e. The molecule has 3 heterocycles. The van der Waals surface area contributed by atoms with Crippen molar-refractivity contribution in [2.75, 3.05) is 26.4 Å². The van der Waals surface area contributed by atoms with E-state index in [-0.39, 0.29) is 24.2 Å². The third-order valence-electron chi connectivity index (χ3n) is 3.97. The molecule has 2 saturated heterocycles. The highest BCUT2D eigenvalue weighted by molar-refractivity contribution is 7.07. The molecule has 2 fully saturated rings.